The molecular formula is C20H18Cl2N2O4. The summed E-state index contributed by atoms with van der Waals surface area (Å²) in [6.07, 6.45) is 1.86. The van der Waals surface area contributed by atoms with Gasteiger partial charge in [0.05, 0.1) is 10.7 Å². The molecule has 0 aliphatic carbocycles. The molecule has 6 nitrogen and oxygen atoms in total. The average molecular weight is 421 g/mol. The van der Waals surface area contributed by atoms with Crippen molar-refractivity contribution in [3.63, 3.8) is 0 Å². The molecule has 146 valence electrons. The number of rotatable bonds is 7. The highest BCUT2D eigenvalue weighted by atomic mass is 35.5. The second-order valence-corrected chi connectivity index (χ2v) is 6.69. The summed E-state index contributed by atoms with van der Waals surface area (Å²) < 4.78 is 0. The Morgan fingerprint density at radius 1 is 1.04 bits per heavy atom. The van der Waals surface area contributed by atoms with E-state index in [1.165, 1.54) is 24.3 Å². The van der Waals surface area contributed by atoms with Crippen molar-refractivity contribution in [2.24, 2.45) is 0 Å². The molecule has 2 aromatic rings. The first kappa shape index (κ1) is 21.5. The Morgan fingerprint density at radius 3 is 2.36 bits per heavy atom. The van der Waals surface area contributed by atoms with Gasteiger partial charge in [-0.15, -0.1) is 0 Å². The van der Waals surface area contributed by atoms with Gasteiger partial charge in [-0.25, -0.2) is 0 Å². The van der Waals surface area contributed by atoms with Crippen LogP contribution >= 0.6 is 23.2 Å². The zero-order valence-corrected chi connectivity index (χ0v) is 16.5. The van der Waals surface area contributed by atoms with Gasteiger partial charge in [0.2, 0.25) is 11.7 Å². The third-order valence-corrected chi connectivity index (χ3v) is 4.19. The molecular weight excluding hydrogens is 403 g/mol. The maximum absolute atomic E-state index is 12.1. The smallest absolute Gasteiger partial charge is 0.296 e. The van der Waals surface area contributed by atoms with Crippen LogP contribution in [0.5, 0.6) is 0 Å². The third-order valence-electron chi connectivity index (χ3n) is 3.61. The first-order valence-electron chi connectivity index (χ1n) is 8.41. The average Bonchev–Trinajstić information content (AvgIpc) is 2.65. The number of ketones is 1. The normalized spacial score (nSPS) is 11.0. The Balaban J connectivity index is 2.10. The topological polar surface area (TPSA) is 95.5 Å². The van der Waals surface area contributed by atoms with Crippen LogP contribution in [0, 0.1) is 0 Å². The number of anilines is 2. The van der Waals surface area contributed by atoms with Gasteiger partial charge in [-0.2, -0.15) is 0 Å². The molecule has 0 radical (unpaired) electrons. The zero-order chi connectivity index (χ0) is 20.7. The van der Waals surface area contributed by atoms with E-state index in [9.17, 15) is 19.5 Å². The Hall–Kier alpha value is -2.83. The molecule has 2 amide bonds. The summed E-state index contributed by atoms with van der Waals surface area (Å²) in [4.78, 5) is 35.9. The van der Waals surface area contributed by atoms with Gasteiger partial charge in [0.15, 0.2) is 0 Å². The summed E-state index contributed by atoms with van der Waals surface area (Å²) in [6, 6.07) is 10.6. The van der Waals surface area contributed by atoms with Crippen LogP contribution < -0.4 is 10.6 Å². The van der Waals surface area contributed by atoms with Gasteiger partial charge in [-0.3, -0.25) is 14.4 Å². The van der Waals surface area contributed by atoms with Crippen LogP contribution in [0.1, 0.15) is 25.3 Å². The number of carbonyl (C=O) groups is 3. The van der Waals surface area contributed by atoms with Crippen molar-refractivity contribution in [1.29, 1.82) is 0 Å². The highest BCUT2D eigenvalue weighted by molar-refractivity contribution is 6.46. The van der Waals surface area contributed by atoms with Crippen LogP contribution in [-0.4, -0.2) is 22.7 Å². The van der Waals surface area contributed by atoms with Gasteiger partial charge in [0.1, 0.15) is 5.76 Å². The fraction of sp³-hybridized carbons (Fsp3) is 0.150. The Kier molecular flexibility index (Phi) is 7.61. The maximum atomic E-state index is 12.1. The van der Waals surface area contributed by atoms with Gasteiger partial charge in [-0.1, -0.05) is 30.1 Å². The summed E-state index contributed by atoms with van der Waals surface area (Å²) >= 11 is 11.8. The molecule has 8 heteroatoms. The van der Waals surface area contributed by atoms with E-state index in [-0.39, 0.29) is 22.4 Å². The number of nitrogens with one attached hydrogen (secondary N) is 2. The lowest BCUT2D eigenvalue weighted by molar-refractivity contribution is -0.131. The van der Waals surface area contributed by atoms with Gasteiger partial charge in [0.25, 0.3) is 5.91 Å². The molecule has 3 N–H and O–H groups in total. The van der Waals surface area contributed by atoms with Crippen LogP contribution in [0.25, 0.3) is 5.76 Å². The first-order valence-corrected chi connectivity index (χ1v) is 9.17. The number of hydrogen-bond donors (Lipinski definition) is 3. The van der Waals surface area contributed by atoms with E-state index in [0.29, 0.717) is 29.1 Å². The molecule has 0 heterocycles. The molecule has 0 aliphatic rings. The van der Waals surface area contributed by atoms with Crippen molar-refractivity contribution in [1.82, 2.24) is 0 Å². The van der Waals surface area contributed by atoms with E-state index in [2.05, 4.69) is 10.6 Å². The molecule has 0 atom stereocenters. The molecule has 0 saturated heterocycles. The van der Waals surface area contributed by atoms with Crippen molar-refractivity contribution < 1.29 is 19.5 Å². The third kappa shape index (κ3) is 6.11. The fourth-order valence-electron chi connectivity index (χ4n) is 2.23. The van der Waals surface area contributed by atoms with Crippen LogP contribution in [0.15, 0.2) is 48.5 Å². The Morgan fingerprint density at radius 2 is 1.71 bits per heavy atom. The lowest BCUT2D eigenvalue weighted by atomic mass is 10.1. The number of amides is 2. The van der Waals surface area contributed by atoms with Crippen LogP contribution in [0.4, 0.5) is 11.4 Å². The summed E-state index contributed by atoms with van der Waals surface area (Å²) in [6.45, 7) is 1.88. The Labute approximate surface area is 172 Å². The number of benzene rings is 2. The Bertz CT molecular complexity index is 924. The van der Waals surface area contributed by atoms with Crippen LogP contribution in [0.2, 0.25) is 10.0 Å². The van der Waals surface area contributed by atoms with Gasteiger partial charge >= 0.3 is 0 Å². The minimum atomic E-state index is -0.987. The SMILES string of the molecule is CCCC(=O)Nc1ccc(Cl)c(NC(=O)C(=O)C=C(O)c2ccc(Cl)cc2)c1. The number of aliphatic hydroxyl groups is 1. The molecule has 28 heavy (non-hydrogen) atoms. The van der Waals surface area contributed by atoms with E-state index in [0.717, 1.165) is 6.08 Å². The van der Waals surface area contributed by atoms with Crippen molar-refractivity contribution in [3.05, 3.63) is 64.1 Å². The lowest BCUT2D eigenvalue weighted by Gasteiger charge is -2.10. The predicted octanol–water partition coefficient (Wildman–Crippen LogP) is 4.84. The number of aliphatic hydroxyl groups excluding tert-OH is 1. The molecule has 0 aliphatic heterocycles. The second kappa shape index (κ2) is 9.92. The van der Waals surface area contributed by atoms with Crippen molar-refractivity contribution in [2.45, 2.75) is 19.8 Å². The number of hydrogen-bond acceptors (Lipinski definition) is 4. The van der Waals surface area contributed by atoms with Crippen molar-refractivity contribution in [3.8, 4) is 0 Å². The molecule has 0 bridgehead atoms. The first-order chi connectivity index (χ1) is 13.3. The predicted molar refractivity (Wildman–Crippen MR) is 111 cm³/mol. The minimum absolute atomic E-state index is 0.161. The van der Waals surface area contributed by atoms with Crippen molar-refractivity contribution >= 4 is 57.9 Å². The van der Waals surface area contributed by atoms with Gasteiger partial charge in [-0.05, 0) is 48.9 Å². The fourth-order valence-corrected chi connectivity index (χ4v) is 2.52. The second-order valence-electron chi connectivity index (χ2n) is 5.85. The van der Waals surface area contributed by atoms with E-state index in [1.54, 1.807) is 18.2 Å². The van der Waals surface area contributed by atoms with E-state index < -0.39 is 11.7 Å². The summed E-state index contributed by atoms with van der Waals surface area (Å²) in [5, 5.41) is 15.7. The molecule has 0 fully saturated rings. The van der Waals surface area contributed by atoms with Crippen LogP contribution in [0.3, 0.4) is 0 Å². The molecule has 0 spiro atoms. The number of carbonyl (C=O) groups excluding carboxylic acids is 3. The molecule has 0 unspecified atom stereocenters. The quantitative estimate of drug-likeness (QED) is 0.339. The minimum Gasteiger partial charge on any atom is -0.507 e. The largest absolute Gasteiger partial charge is 0.507 e. The zero-order valence-electron chi connectivity index (χ0n) is 15.0. The van der Waals surface area contributed by atoms with Crippen molar-refractivity contribution in [2.75, 3.05) is 10.6 Å². The molecule has 2 aromatic carbocycles. The molecule has 2 rings (SSSR count). The standard InChI is InChI=1S/C20H18Cl2N2O4/c1-2-3-19(27)23-14-8-9-15(22)16(10-14)24-20(28)18(26)11-17(25)12-4-6-13(21)7-5-12/h4-11,25H,2-3H2,1H3,(H,23,27)(H,24,28). The van der Waals surface area contributed by atoms with E-state index >= 15 is 0 Å². The monoisotopic (exact) mass is 420 g/mol. The van der Waals surface area contributed by atoms with Gasteiger partial charge < -0.3 is 15.7 Å². The number of halogens is 2. The van der Waals surface area contributed by atoms with E-state index in [4.69, 9.17) is 23.2 Å². The van der Waals surface area contributed by atoms with Crippen LogP contribution in [-0.2, 0) is 14.4 Å². The highest BCUT2D eigenvalue weighted by Crippen LogP contribution is 2.26. The molecule has 0 aromatic heterocycles. The maximum Gasteiger partial charge on any atom is 0.296 e. The summed E-state index contributed by atoms with van der Waals surface area (Å²) in [5.74, 6) is -2.50. The summed E-state index contributed by atoms with van der Waals surface area (Å²) in [7, 11) is 0. The molecule has 0 saturated carbocycles. The summed E-state index contributed by atoms with van der Waals surface area (Å²) in [5.41, 5.74) is 0.933. The van der Waals surface area contributed by atoms with E-state index in [1.807, 2.05) is 6.92 Å². The van der Waals surface area contributed by atoms with Gasteiger partial charge in [0, 0.05) is 28.8 Å². The highest BCUT2D eigenvalue weighted by Gasteiger charge is 2.15. The lowest BCUT2D eigenvalue weighted by Crippen LogP contribution is -2.21.